The van der Waals surface area contributed by atoms with Crippen LogP contribution in [-0.4, -0.2) is 32.7 Å². The van der Waals surface area contributed by atoms with Gasteiger partial charge in [0, 0.05) is 23.5 Å². The molecule has 0 aromatic heterocycles. The van der Waals surface area contributed by atoms with E-state index < -0.39 is 0 Å². The number of carbonyl (C=O) groups is 1. The summed E-state index contributed by atoms with van der Waals surface area (Å²) in [5.74, 6) is 0.715. The van der Waals surface area contributed by atoms with Crippen molar-refractivity contribution >= 4 is 16.7 Å². The fourth-order valence-electron chi connectivity index (χ4n) is 2.09. The number of fused-ring (bicyclic) bond motifs is 1. The fourth-order valence-corrected chi connectivity index (χ4v) is 2.09. The summed E-state index contributed by atoms with van der Waals surface area (Å²) in [5.41, 5.74) is 0.671. The number of nitrogens with one attached hydrogen (secondary N) is 2. The van der Waals surface area contributed by atoms with E-state index in [9.17, 15) is 4.79 Å². The van der Waals surface area contributed by atoms with Crippen molar-refractivity contribution in [3.05, 3.63) is 42.0 Å². The third kappa shape index (κ3) is 2.91. The highest BCUT2D eigenvalue weighted by Crippen LogP contribution is 2.28. The molecule has 0 aliphatic heterocycles. The van der Waals surface area contributed by atoms with Crippen molar-refractivity contribution < 1.29 is 9.53 Å². The maximum absolute atomic E-state index is 12.3. The van der Waals surface area contributed by atoms with Crippen molar-refractivity contribution in [2.75, 3.05) is 20.7 Å². The van der Waals surface area contributed by atoms with E-state index >= 15 is 0 Å². The number of hydrogen-bond donors (Lipinski definition) is 2. The van der Waals surface area contributed by atoms with Crippen LogP contribution in [0.1, 0.15) is 17.3 Å². The number of carbonyl (C=O) groups excluding carboxylic acids is 1. The molecule has 2 rings (SSSR count). The molecule has 4 nitrogen and oxygen atoms in total. The predicted octanol–water partition coefficient (Wildman–Crippen LogP) is 2.19. The van der Waals surface area contributed by atoms with Crippen LogP contribution in [0.4, 0.5) is 0 Å². The maximum Gasteiger partial charge on any atom is 0.251 e. The zero-order valence-corrected chi connectivity index (χ0v) is 12.1. The highest BCUT2D eigenvalue weighted by Gasteiger charge is 2.12. The quantitative estimate of drug-likeness (QED) is 0.877. The lowest BCUT2D eigenvalue weighted by molar-refractivity contribution is 0.0952. The van der Waals surface area contributed by atoms with Crippen molar-refractivity contribution in [1.82, 2.24) is 10.6 Å². The van der Waals surface area contributed by atoms with Crippen LogP contribution in [0.2, 0.25) is 0 Å². The Morgan fingerprint density at radius 2 is 1.90 bits per heavy atom. The van der Waals surface area contributed by atoms with Crippen LogP contribution in [0.25, 0.3) is 10.8 Å². The van der Waals surface area contributed by atoms with Gasteiger partial charge in [-0.3, -0.25) is 4.79 Å². The van der Waals surface area contributed by atoms with Crippen LogP contribution >= 0.6 is 0 Å². The van der Waals surface area contributed by atoms with Crippen LogP contribution in [0, 0.1) is 0 Å². The largest absolute Gasteiger partial charge is 0.496 e. The summed E-state index contributed by atoms with van der Waals surface area (Å²) in [7, 11) is 3.51. The monoisotopic (exact) mass is 272 g/mol. The van der Waals surface area contributed by atoms with Crippen LogP contribution in [0.15, 0.2) is 36.4 Å². The van der Waals surface area contributed by atoms with E-state index in [1.807, 2.05) is 44.3 Å². The average Bonchev–Trinajstić information content (AvgIpc) is 2.51. The Bertz CT molecular complexity index is 610. The molecule has 0 aliphatic rings. The van der Waals surface area contributed by atoms with Gasteiger partial charge in [-0.25, -0.2) is 0 Å². The lowest BCUT2D eigenvalue weighted by Gasteiger charge is -2.13. The number of likely N-dealkylation sites (N-methyl/N-ethyl adjacent to an activating group) is 1. The Morgan fingerprint density at radius 1 is 1.20 bits per heavy atom. The first-order valence-corrected chi connectivity index (χ1v) is 6.68. The summed E-state index contributed by atoms with van der Waals surface area (Å²) in [5, 5.41) is 7.88. The lowest BCUT2D eigenvalue weighted by Crippen LogP contribution is -2.37. The SMILES string of the molecule is CNC(C)CNC(=O)c1ccc(OC)c2ccccc12. The minimum atomic E-state index is -0.0639. The molecule has 1 unspecified atom stereocenters. The Kier molecular flexibility index (Phi) is 4.58. The highest BCUT2D eigenvalue weighted by molar-refractivity contribution is 6.08. The number of rotatable bonds is 5. The first-order valence-electron chi connectivity index (χ1n) is 6.68. The third-order valence-corrected chi connectivity index (χ3v) is 3.41. The van der Waals surface area contributed by atoms with Gasteiger partial charge >= 0.3 is 0 Å². The first-order chi connectivity index (χ1) is 9.67. The highest BCUT2D eigenvalue weighted by atomic mass is 16.5. The van der Waals surface area contributed by atoms with Gasteiger partial charge in [0.25, 0.3) is 5.91 Å². The minimum Gasteiger partial charge on any atom is -0.496 e. The number of hydrogen-bond acceptors (Lipinski definition) is 3. The predicted molar refractivity (Wildman–Crippen MR) is 81.4 cm³/mol. The third-order valence-electron chi connectivity index (χ3n) is 3.41. The molecule has 4 heteroatoms. The number of benzene rings is 2. The van der Waals surface area contributed by atoms with Crippen LogP contribution in [0.5, 0.6) is 5.75 Å². The zero-order valence-electron chi connectivity index (χ0n) is 12.1. The van der Waals surface area contributed by atoms with E-state index in [2.05, 4.69) is 10.6 Å². The Morgan fingerprint density at radius 3 is 2.55 bits per heavy atom. The topological polar surface area (TPSA) is 50.4 Å². The second-order valence-corrected chi connectivity index (χ2v) is 4.76. The second kappa shape index (κ2) is 6.39. The molecule has 2 N–H and O–H groups in total. The molecule has 0 saturated heterocycles. The van der Waals surface area contributed by atoms with Crippen LogP contribution < -0.4 is 15.4 Å². The van der Waals surface area contributed by atoms with E-state index in [-0.39, 0.29) is 11.9 Å². The molecule has 1 atom stereocenters. The first kappa shape index (κ1) is 14.3. The van der Waals surface area contributed by atoms with Gasteiger partial charge in [-0.05, 0) is 31.5 Å². The minimum absolute atomic E-state index is 0.0639. The number of methoxy groups -OCH3 is 1. The summed E-state index contributed by atoms with van der Waals surface area (Å²) in [4.78, 5) is 12.3. The molecule has 1 amide bonds. The van der Waals surface area contributed by atoms with Crippen molar-refractivity contribution in [1.29, 1.82) is 0 Å². The maximum atomic E-state index is 12.3. The van der Waals surface area contributed by atoms with Gasteiger partial charge in [0.1, 0.15) is 5.75 Å². The molecule has 0 heterocycles. The van der Waals surface area contributed by atoms with Crippen molar-refractivity contribution in [3.8, 4) is 5.75 Å². The molecule has 0 bridgehead atoms. The van der Waals surface area contributed by atoms with E-state index in [1.165, 1.54) is 0 Å². The molecular formula is C16H20N2O2. The van der Waals surface area contributed by atoms with E-state index in [0.29, 0.717) is 12.1 Å². The number of amides is 1. The van der Waals surface area contributed by atoms with Crippen LogP contribution in [-0.2, 0) is 0 Å². The van der Waals surface area contributed by atoms with Gasteiger partial charge in [-0.2, -0.15) is 0 Å². The zero-order chi connectivity index (χ0) is 14.5. The Labute approximate surface area is 119 Å². The normalized spacial score (nSPS) is 12.2. The van der Waals surface area contributed by atoms with Crippen molar-refractivity contribution in [2.24, 2.45) is 0 Å². The summed E-state index contributed by atoms with van der Waals surface area (Å²) in [6.45, 7) is 2.61. The van der Waals surface area contributed by atoms with E-state index in [4.69, 9.17) is 4.74 Å². The van der Waals surface area contributed by atoms with E-state index in [1.54, 1.807) is 13.2 Å². The molecule has 0 aliphatic carbocycles. The summed E-state index contributed by atoms with van der Waals surface area (Å²) in [6, 6.07) is 11.6. The molecule has 0 spiro atoms. The van der Waals surface area contributed by atoms with Gasteiger partial charge in [0.2, 0.25) is 0 Å². The molecule has 0 saturated carbocycles. The Hall–Kier alpha value is -2.07. The summed E-state index contributed by atoms with van der Waals surface area (Å²) < 4.78 is 5.34. The van der Waals surface area contributed by atoms with Gasteiger partial charge in [0.15, 0.2) is 0 Å². The standard InChI is InChI=1S/C16H20N2O2/c1-11(17-2)10-18-16(19)14-8-9-15(20-3)13-7-5-4-6-12(13)14/h4-9,11,17H,10H2,1-3H3,(H,18,19). The molecule has 106 valence electrons. The van der Waals surface area contributed by atoms with Crippen LogP contribution in [0.3, 0.4) is 0 Å². The molecular weight excluding hydrogens is 252 g/mol. The number of ether oxygens (including phenoxy) is 1. The molecule has 20 heavy (non-hydrogen) atoms. The summed E-state index contributed by atoms with van der Waals surface area (Å²) >= 11 is 0. The Balaban J connectivity index is 2.33. The van der Waals surface area contributed by atoms with Gasteiger partial charge in [0.05, 0.1) is 7.11 Å². The van der Waals surface area contributed by atoms with Crippen molar-refractivity contribution in [2.45, 2.75) is 13.0 Å². The summed E-state index contributed by atoms with van der Waals surface area (Å²) in [6.07, 6.45) is 0. The molecule has 0 radical (unpaired) electrons. The molecule has 2 aromatic rings. The van der Waals surface area contributed by atoms with E-state index in [0.717, 1.165) is 16.5 Å². The fraction of sp³-hybridized carbons (Fsp3) is 0.312. The second-order valence-electron chi connectivity index (χ2n) is 4.76. The average molecular weight is 272 g/mol. The lowest BCUT2D eigenvalue weighted by atomic mass is 10.0. The molecule has 0 fully saturated rings. The smallest absolute Gasteiger partial charge is 0.251 e. The van der Waals surface area contributed by atoms with Crippen molar-refractivity contribution in [3.63, 3.8) is 0 Å². The van der Waals surface area contributed by atoms with Gasteiger partial charge < -0.3 is 15.4 Å². The molecule has 2 aromatic carbocycles. The van der Waals surface area contributed by atoms with Gasteiger partial charge in [-0.15, -0.1) is 0 Å². The van der Waals surface area contributed by atoms with Gasteiger partial charge in [-0.1, -0.05) is 24.3 Å².